The van der Waals surface area contributed by atoms with Crippen molar-refractivity contribution in [2.75, 3.05) is 6.61 Å². The third-order valence-electron chi connectivity index (χ3n) is 3.76. The van der Waals surface area contributed by atoms with E-state index in [1.54, 1.807) is 6.92 Å². The molecular weight excluding hydrogens is 302 g/mol. The predicted octanol–water partition coefficient (Wildman–Crippen LogP) is 4.34. The van der Waals surface area contributed by atoms with Crippen LogP contribution >= 0.6 is 0 Å². The number of carbonyl (C=O) groups excluding carboxylic acids is 2. The molecule has 0 amide bonds. The normalized spacial score (nSPS) is 10.4. The molecular formula is C20H17NO3. The van der Waals surface area contributed by atoms with Crippen LogP contribution in [0.5, 0.6) is 0 Å². The Hall–Kier alpha value is -3.14. The Bertz CT molecular complexity index is 851. The van der Waals surface area contributed by atoms with Crippen molar-refractivity contribution in [2.45, 2.75) is 6.92 Å². The average Bonchev–Trinajstić information content (AvgIpc) is 3.03. The van der Waals surface area contributed by atoms with Crippen molar-refractivity contribution in [1.82, 2.24) is 4.98 Å². The van der Waals surface area contributed by atoms with Gasteiger partial charge in [0, 0.05) is 11.1 Å². The van der Waals surface area contributed by atoms with Crippen LogP contribution in [0.4, 0.5) is 0 Å². The van der Waals surface area contributed by atoms with E-state index in [4.69, 9.17) is 4.74 Å². The van der Waals surface area contributed by atoms with Gasteiger partial charge < -0.3 is 9.72 Å². The lowest BCUT2D eigenvalue weighted by atomic mass is 9.99. The van der Waals surface area contributed by atoms with E-state index in [0.717, 1.165) is 17.4 Å². The van der Waals surface area contributed by atoms with Gasteiger partial charge in [-0.15, -0.1) is 0 Å². The van der Waals surface area contributed by atoms with E-state index < -0.39 is 5.97 Å². The summed E-state index contributed by atoms with van der Waals surface area (Å²) in [5.41, 5.74) is 3.57. The topological polar surface area (TPSA) is 59.2 Å². The number of rotatable bonds is 5. The van der Waals surface area contributed by atoms with Gasteiger partial charge in [-0.3, -0.25) is 4.79 Å². The van der Waals surface area contributed by atoms with E-state index in [2.05, 4.69) is 4.98 Å². The van der Waals surface area contributed by atoms with E-state index in [9.17, 15) is 9.59 Å². The van der Waals surface area contributed by atoms with Crippen LogP contribution < -0.4 is 0 Å². The molecule has 0 aliphatic carbocycles. The molecule has 0 fully saturated rings. The Labute approximate surface area is 140 Å². The zero-order chi connectivity index (χ0) is 16.9. The van der Waals surface area contributed by atoms with Crippen molar-refractivity contribution in [3.8, 4) is 22.4 Å². The van der Waals surface area contributed by atoms with Gasteiger partial charge in [0.25, 0.3) is 0 Å². The Morgan fingerprint density at radius 2 is 1.58 bits per heavy atom. The molecule has 4 heteroatoms. The lowest BCUT2D eigenvalue weighted by molar-refractivity contribution is 0.0521. The van der Waals surface area contributed by atoms with Crippen LogP contribution in [-0.4, -0.2) is 23.8 Å². The summed E-state index contributed by atoms with van der Waals surface area (Å²) in [6.07, 6.45) is 0.782. The standard InChI is InChI=1S/C20H17NO3/c1-2-24-20(23)19-17(14-9-5-3-6-10-14)16(13-22)18(21-19)15-11-7-4-8-12-15/h3-13,21H,2H2,1H3. The van der Waals surface area contributed by atoms with Crippen LogP contribution in [0.3, 0.4) is 0 Å². The first-order valence-electron chi connectivity index (χ1n) is 7.75. The summed E-state index contributed by atoms with van der Waals surface area (Å²) < 4.78 is 5.15. The van der Waals surface area contributed by atoms with Crippen LogP contribution in [0.1, 0.15) is 27.8 Å². The maximum Gasteiger partial charge on any atom is 0.355 e. The van der Waals surface area contributed by atoms with Gasteiger partial charge in [-0.05, 0) is 18.1 Å². The quantitative estimate of drug-likeness (QED) is 0.562. The van der Waals surface area contributed by atoms with Crippen LogP contribution in [0.15, 0.2) is 60.7 Å². The fourth-order valence-electron chi connectivity index (χ4n) is 2.73. The highest BCUT2D eigenvalue weighted by atomic mass is 16.5. The number of hydrogen-bond donors (Lipinski definition) is 1. The molecule has 0 bridgehead atoms. The molecule has 3 rings (SSSR count). The molecule has 120 valence electrons. The maximum atomic E-state index is 12.4. The number of aromatic nitrogens is 1. The first-order valence-corrected chi connectivity index (χ1v) is 7.75. The second kappa shape index (κ2) is 6.96. The number of nitrogens with one attached hydrogen (secondary N) is 1. The molecule has 0 spiro atoms. The molecule has 24 heavy (non-hydrogen) atoms. The van der Waals surface area contributed by atoms with Crippen LogP contribution in [0.2, 0.25) is 0 Å². The monoisotopic (exact) mass is 319 g/mol. The number of hydrogen-bond acceptors (Lipinski definition) is 3. The third kappa shape index (κ3) is 2.86. The second-order valence-electron chi connectivity index (χ2n) is 5.23. The SMILES string of the molecule is CCOC(=O)c1[nH]c(-c2ccccc2)c(C=O)c1-c1ccccc1. The molecule has 1 aromatic heterocycles. The minimum absolute atomic E-state index is 0.267. The highest BCUT2D eigenvalue weighted by molar-refractivity contribution is 6.06. The molecule has 0 unspecified atom stereocenters. The van der Waals surface area contributed by atoms with Gasteiger partial charge >= 0.3 is 5.97 Å². The van der Waals surface area contributed by atoms with Crippen molar-refractivity contribution in [3.05, 3.63) is 71.9 Å². The number of H-pyrrole nitrogens is 1. The van der Waals surface area contributed by atoms with Crippen molar-refractivity contribution in [1.29, 1.82) is 0 Å². The molecule has 3 aromatic rings. The average molecular weight is 319 g/mol. The van der Waals surface area contributed by atoms with Crippen LogP contribution in [0.25, 0.3) is 22.4 Å². The summed E-state index contributed by atoms with van der Waals surface area (Å²) in [7, 11) is 0. The number of aromatic amines is 1. The highest BCUT2D eigenvalue weighted by Crippen LogP contribution is 2.34. The number of ether oxygens (including phenoxy) is 1. The molecule has 0 aliphatic heterocycles. The molecule has 0 aliphatic rings. The smallest absolute Gasteiger partial charge is 0.355 e. The second-order valence-corrected chi connectivity index (χ2v) is 5.23. The number of aldehydes is 1. The highest BCUT2D eigenvalue weighted by Gasteiger charge is 2.24. The Morgan fingerprint density at radius 3 is 2.12 bits per heavy atom. The van der Waals surface area contributed by atoms with E-state index in [1.165, 1.54) is 0 Å². The summed E-state index contributed by atoms with van der Waals surface area (Å²) >= 11 is 0. The Balaban J connectivity index is 2.27. The fraction of sp³-hybridized carbons (Fsp3) is 0.100. The van der Waals surface area contributed by atoms with Gasteiger partial charge in [0.1, 0.15) is 5.69 Å². The van der Waals surface area contributed by atoms with Gasteiger partial charge in [-0.1, -0.05) is 60.7 Å². The van der Waals surface area contributed by atoms with Crippen molar-refractivity contribution < 1.29 is 14.3 Å². The molecule has 4 nitrogen and oxygen atoms in total. The van der Waals surface area contributed by atoms with Crippen molar-refractivity contribution in [3.63, 3.8) is 0 Å². The third-order valence-corrected chi connectivity index (χ3v) is 3.76. The Kier molecular flexibility index (Phi) is 4.57. The lowest BCUT2D eigenvalue weighted by Crippen LogP contribution is -2.06. The number of esters is 1. The molecule has 2 aromatic carbocycles. The van der Waals surface area contributed by atoms with E-state index in [0.29, 0.717) is 22.5 Å². The summed E-state index contributed by atoms with van der Waals surface area (Å²) in [6, 6.07) is 18.8. The number of benzene rings is 2. The van der Waals surface area contributed by atoms with E-state index >= 15 is 0 Å². The number of carbonyl (C=O) groups is 2. The zero-order valence-electron chi connectivity index (χ0n) is 13.3. The predicted molar refractivity (Wildman–Crippen MR) is 93.0 cm³/mol. The Morgan fingerprint density at radius 1 is 1.00 bits per heavy atom. The van der Waals surface area contributed by atoms with Crippen LogP contribution in [0, 0.1) is 0 Å². The molecule has 0 atom stereocenters. The van der Waals surface area contributed by atoms with Gasteiger partial charge in [0.05, 0.1) is 12.3 Å². The molecule has 1 heterocycles. The summed E-state index contributed by atoms with van der Waals surface area (Å²) in [5, 5.41) is 0. The molecule has 0 saturated carbocycles. The largest absolute Gasteiger partial charge is 0.461 e. The summed E-state index contributed by atoms with van der Waals surface area (Å²) in [4.78, 5) is 27.3. The minimum atomic E-state index is -0.471. The minimum Gasteiger partial charge on any atom is -0.461 e. The van der Waals surface area contributed by atoms with Gasteiger partial charge in [0.2, 0.25) is 0 Å². The van der Waals surface area contributed by atoms with Crippen molar-refractivity contribution in [2.24, 2.45) is 0 Å². The molecule has 0 radical (unpaired) electrons. The summed E-state index contributed by atoms with van der Waals surface area (Å²) in [5.74, 6) is -0.471. The maximum absolute atomic E-state index is 12.4. The van der Waals surface area contributed by atoms with Gasteiger partial charge in [0.15, 0.2) is 6.29 Å². The first-order chi connectivity index (χ1) is 11.8. The molecule has 1 N–H and O–H groups in total. The van der Waals surface area contributed by atoms with E-state index in [-0.39, 0.29) is 6.61 Å². The summed E-state index contributed by atoms with van der Waals surface area (Å²) in [6.45, 7) is 2.02. The van der Waals surface area contributed by atoms with Crippen molar-refractivity contribution >= 4 is 12.3 Å². The lowest BCUT2D eigenvalue weighted by Gasteiger charge is -2.05. The molecule has 0 saturated heterocycles. The first kappa shape index (κ1) is 15.7. The van der Waals surface area contributed by atoms with E-state index in [1.807, 2.05) is 60.7 Å². The van der Waals surface area contributed by atoms with Gasteiger partial charge in [-0.25, -0.2) is 4.79 Å². The van der Waals surface area contributed by atoms with Crippen LogP contribution in [-0.2, 0) is 4.74 Å². The van der Waals surface area contributed by atoms with Gasteiger partial charge in [-0.2, -0.15) is 0 Å². The fourth-order valence-corrected chi connectivity index (χ4v) is 2.73. The zero-order valence-corrected chi connectivity index (χ0v) is 13.3.